The average molecular weight is 334 g/mol. The van der Waals surface area contributed by atoms with E-state index in [1.54, 1.807) is 4.90 Å². The number of carbonyl (C=O) groups is 1. The van der Waals surface area contributed by atoms with E-state index in [1.807, 2.05) is 12.1 Å². The average Bonchev–Trinajstić information content (AvgIpc) is 2.58. The van der Waals surface area contributed by atoms with Gasteiger partial charge >= 0.3 is 6.03 Å². The highest BCUT2D eigenvalue weighted by Gasteiger charge is 2.22. The number of hydrogen-bond acceptors (Lipinski definition) is 3. The van der Waals surface area contributed by atoms with Gasteiger partial charge in [-0.05, 0) is 41.9 Å². The highest BCUT2D eigenvalue weighted by molar-refractivity contribution is 5.74. The SMILES string of the molecule is CC(C)(C)c1ccc(OCCNC(=O)N2CCCC(CO)C2)cc1. The predicted octanol–water partition coefficient (Wildman–Crippen LogP) is 2.78. The van der Waals surface area contributed by atoms with E-state index in [0.29, 0.717) is 19.7 Å². The fourth-order valence-corrected chi connectivity index (χ4v) is 2.89. The Balaban J connectivity index is 1.70. The van der Waals surface area contributed by atoms with Crippen molar-refractivity contribution in [2.24, 2.45) is 5.92 Å². The Kier molecular flexibility index (Phi) is 6.49. The second kappa shape index (κ2) is 8.38. The topological polar surface area (TPSA) is 61.8 Å². The number of nitrogens with one attached hydrogen (secondary N) is 1. The molecule has 1 aliphatic heterocycles. The minimum Gasteiger partial charge on any atom is -0.492 e. The number of aliphatic hydroxyl groups is 1. The summed E-state index contributed by atoms with van der Waals surface area (Å²) in [6, 6.07) is 8.03. The zero-order chi connectivity index (χ0) is 17.6. The molecule has 0 radical (unpaired) electrons. The van der Waals surface area contributed by atoms with E-state index in [1.165, 1.54) is 5.56 Å². The molecule has 1 aromatic carbocycles. The molecular formula is C19H30N2O3. The number of ether oxygens (including phenoxy) is 1. The van der Waals surface area contributed by atoms with Gasteiger partial charge in [0.15, 0.2) is 0 Å². The maximum atomic E-state index is 12.1. The molecule has 1 saturated heterocycles. The van der Waals surface area contributed by atoms with Crippen LogP contribution >= 0.6 is 0 Å². The Morgan fingerprint density at radius 1 is 1.33 bits per heavy atom. The van der Waals surface area contributed by atoms with Gasteiger partial charge in [0.05, 0.1) is 6.54 Å². The molecule has 2 amide bonds. The Bertz CT molecular complexity index is 522. The molecular weight excluding hydrogens is 304 g/mol. The molecule has 1 unspecified atom stereocenters. The van der Waals surface area contributed by atoms with Crippen LogP contribution in [0.25, 0.3) is 0 Å². The maximum absolute atomic E-state index is 12.1. The van der Waals surface area contributed by atoms with Gasteiger partial charge in [-0.15, -0.1) is 0 Å². The zero-order valence-electron chi connectivity index (χ0n) is 15.0. The second-order valence-electron chi connectivity index (χ2n) is 7.49. The van der Waals surface area contributed by atoms with E-state index >= 15 is 0 Å². The molecule has 0 spiro atoms. The number of aliphatic hydroxyl groups excluding tert-OH is 1. The van der Waals surface area contributed by atoms with Crippen LogP contribution in [0.2, 0.25) is 0 Å². The number of amides is 2. The van der Waals surface area contributed by atoms with Crippen LogP contribution in [0, 0.1) is 5.92 Å². The second-order valence-corrected chi connectivity index (χ2v) is 7.49. The molecule has 24 heavy (non-hydrogen) atoms. The third-order valence-electron chi connectivity index (χ3n) is 4.43. The molecule has 0 aliphatic carbocycles. The highest BCUT2D eigenvalue weighted by atomic mass is 16.5. The molecule has 0 aromatic heterocycles. The third kappa shape index (κ3) is 5.41. The van der Waals surface area contributed by atoms with Crippen molar-refractivity contribution < 1.29 is 14.6 Å². The van der Waals surface area contributed by atoms with Crippen molar-refractivity contribution in [3.05, 3.63) is 29.8 Å². The lowest BCUT2D eigenvalue weighted by Gasteiger charge is -2.31. The van der Waals surface area contributed by atoms with E-state index in [9.17, 15) is 9.90 Å². The number of benzene rings is 1. The van der Waals surface area contributed by atoms with Gasteiger partial charge in [0.25, 0.3) is 0 Å². The van der Waals surface area contributed by atoms with Gasteiger partial charge in [-0.2, -0.15) is 0 Å². The van der Waals surface area contributed by atoms with E-state index in [0.717, 1.165) is 25.1 Å². The molecule has 1 atom stereocenters. The number of nitrogens with zero attached hydrogens (tertiary/aromatic N) is 1. The lowest BCUT2D eigenvalue weighted by atomic mass is 9.87. The fourth-order valence-electron chi connectivity index (χ4n) is 2.89. The standard InChI is InChI=1S/C19H30N2O3/c1-19(2,3)16-6-8-17(9-7-16)24-12-10-20-18(23)21-11-4-5-15(13-21)14-22/h6-9,15,22H,4-5,10-14H2,1-3H3,(H,20,23). The molecule has 1 aromatic rings. The van der Waals surface area contributed by atoms with Crippen LogP contribution in [0.1, 0.15) is 39.2 Å². The summed E-state index contributed by atoms with van der Waals surface area (Å²) in [5, 5.41) is 12.1. The minimum atomic E-state index is -0.0696. The summed E-state index contributed by atoms with van der Waals surface area (Å²) in [5.74, 6) is 1.03. The van der Waals surface area contributed by atoms with Crippen LogP contribution in [-0.2, 0) is 5.41 Å². The molecule has 5 heteroatoms. The minimum absolute atomic E-state index is 0.0696. The van der Waals surface area contributed by atoms with E-state index in [4.69, 9.17) is 4.74 Å². The molecule has 0 bridgehead atoms. The summed E-state index contributed by atoms with van der Waals surface area (Å²) in [5.41, 5.74) is 1.40. The van der Waals surface area contributed by atoms with Crippen LogP contribution < -0.4 is 10.1 Å². The van der Waals surface area contributed by atoms with Crippen molar-refractivity contribution in [1.29, 1.82) is 0 Å². The first-order chi connectivity index (χ1) is 11.4. The summed E-state index contributed by atoms with van der Waals surface area (Å²) in [7, 11) is 0. The third-order valence-corrected chi connectivity index (χ3v) is 4.43. The summed E-state index contributed by atoms with van der Waals surface area (Å²) in [4.78, 5) is 13.9. The highest BCUT2D eigenvalue weighted by Crippen LogP contribution is 2.24. The molecule has 5 nitrogen and oxygen atoms in total. The summed E-state index contributed by atoms with van der Waals surface area (Å²) < 4.78 is 5.68. The summed E-state index contributed by atoms with van der Waals surface area (Å²) in [6.07, 6.45) is 1.95. The van der Waals surface area contributed by atoms with Crippen LogP contribution in [0.5, 0.6) is 5.75 Å². The van der Waals surface area contributed by atoms with Crippen molar-refractivity contribution in [2.45, 2.75) is 39.0 Å². The van der Waals surface area contributed by atoms with E-state index in [2.05, 4.69) is 38.2 Å². The van der Waals surface area contributed by atoms with Crippen molar-refractivity contribution in [1.82, 2.24) is 10.2 Å². The number of piperidine rings is 1. The number of urea groups is 1. The van der Waals surface area contributed by atoms with Crippen molar-refractivity contribution in [3.8, 4) is 5.75 Å². The Hall–Kier alpha value is -1.75. The molecule has 1 heterocycles. The Morgan fingerprint density at radius 2 is 2.04 bits per heavy atom. The van der Waals surface area contributed by atoms with Gasteiger partial charge in [-0.1, -0.05) is 32.9 Å². The number of carbonyl (C=O) groups excluding carboxylic acids is 1. The molecule has 134 valence electrons. The molecule has 2 N–H and O–H groups in total. The van der Waals surface area contributed by atoms with Gasteiger partial charge in [-0.3, -0.25) is 0 Å². The monoisotopic (exact) mass is 334 g/mol. The van der Waals surface area contributed by atoms with Crippen molar-refractivity contribution in [3.63, 3.8) is 0 Å². The van der Waals surface area contributed by atoms with Gasteiger partial charge in [0, 0.05) is 19.7 Å². The fraction of sp³-hybridized carbons (Fsp3) is 0.632. The molecule has 2 rings (SSSR count). The first-order valence-corrected chi connectivity index (χ1v) is 8.77. The van der Waals surface area contributed by atoms with Gasteiger partial charge < -0.3 is 20.1 Å². The lowest BCUT2D eigenvalue weighted by Crippen LogP contribution is -2.47. The van der Waals surface area contributed by atoms with Gasteiger partial charge in [0.1, 0.15) is 12.4 Å². The zero-order valence-corrected chi connectivity index (χ0v) is 15.0. The van der Waals surface area contributed by atoms with Crippen LogP contribution in [0.15, 0.2) is 24.3 Å². The van der Waals surface area contributed by atoms with Crippen LogP contribution in [0.3, 0.4) is 0 Å². The van der Waals surface area contributed by atoms with Crippen molar-refractivity contribution in [2.75, 3.05) is 32.8 Å². The smallest absolute Gasteiger partial charge is 0.317 e. The normalized spacial score (nSPS) is 18.3. The van der Waals surface area contributed by atoms with Crippen LogP contribution in [0.4, 0.5) is 4.79 Å². The molecule has 1 fully saturated rings. The summed E-state index contributed by atoms with van der Waals surface area (Å²) >= 11 is 0. The van der Waals surface area contributed by atoms with Gasteiger partial charge in [-0.25, -0.2) is 4.79 Å². The number of likely N-dealkylation sites (tertiary alicyclic amines) is 1. The number of rotatable bonds is 5. The van der Waals surface area contributed by atoms with E-state index < -0.39 is 0 Å². The summed E-state index contributed by atoms with van der Waals surface area (Å²) in [6.45, 7) is 9.01. The Morgan fingerprint density at radius 3 is 2.67 bits per heavy atom. The first kappa shape index (κ1) is 18.6. The van der Waals surface area contributed by atoms with Crippen LogP contribution in [-0.4, -0.2) is 48.9 Å². The predicted molar refractivity (Wildman–Crippen MR) is 95.4 cm³/mol. The van der Waals surface area contributed by atoms with Gasteiger partial charge in [0.2, 0.25) is 0 Å². The van der Waals surface area contributed by atoms with E-state index in [-0.39, 0.29) is 24.0 Å². The van der Waals surface area contributed by atoms with Crippen molar-refractivity contribution >= 4 is 6.03 Å². The molecule has 0 saturated carbocycles. The number of hydrogen-bond donors (Lipinski definition) is 2. The quantitative estimate of drug-likeness (QED) is 0.814. The lowest BCUT2D eigenvalue weighted by molar-refractivity contribution is 0.129. The Labute approximate surface area is 145 Å². The first-order valence-electron chi connectivity index (χ1n) is 8.77. The maximum Gasteiger partial charge on any atom is 0.317 e. The largest absolute Gasteiger partial charge is 0.492 e. The molecule has 1 aliphatic rings.